The first kappa shape index (κ1) is 11.6. The highest BCUT2D eigenvalue weighted by Gasteiger charge is 2.24. The average molecular weight is 235 g/mol. The molecule has 3 heteroatoms. The zero-order valence-electron chi connectivity index (χ0n) is 9.84. The highest BCUT2D eigenvalue weighted by molar-refractivity contribution is 7.07. The monoisotopic (exact) mass is 235 g/mol. The summed E-state index contributed by atoms with van der Waals surface area (Å²) < 4.78 is 4.43. The number of hydrogen-bond acceptors (Lipinski definition) is 3. The number of rotatable bonds is 3. The molecule has 1 aromatic heterocycles. The van der Waals surface area contributed by atoms with Crippen LogP contribution in [-0.4, -0.2) is 15.6 Å². The molecule has 0 aliphatic carbocycles. The Kier molecular flexibility index (Phi) is 3.26. The van der Waals surface area contributed by atoms with Gasteiger partial charge >= 0.3 is 0 Å². The molecular formula is C13H17NOS. The molecule has 2 atom stereocenters. The molecule has 0 saturated carbocycles. The van der Waals surface area contributed by atoms with Crippen LogP contribution in [0.15, 0.2) is 24.3 Å². The Morgan fingerprint density at radius 2 is 1.88 bits per heavy atom. The second-order valence-electron chi connectivity index (χ2n) is 4.57. The lowest BCUT2D eigenvalue weighted by atomic mass is 9.88. The SMILES string of the molecule is CC(C)C(c1snc2ccccc12)C(C)O. The van der Waals surface area contributed by atoms with Crippen LogP contribution in [0.3, 0.4) is 0 Å². The molecule has 86 valence electrons. The topological polar surface area (TPSA) is 33.1 Å². The van der Waals surface area contributed by atoms with Gasteiger partial charge in [0.15, 0.2) is 0 Å². The van der Waals surface area contributed by atoms with Crippen LogP contribution >= 0.6 is 11.5 Å². The van der Waals surface area contributed by atoms with Gasteiger partial charge in [-0.15, -0.1) is 0 Å². The van der Waals surface area contributed by atoms with Gasteiger partial charge in [-0.2, -0.15) is 4.37 Å². The smallest absolute Gasteiger partial charge is 0.0843 e. The van der Waals surface area contributed by atoms with E-state index in [1.807, 2.05) is 25.1 Å². The minimum atomic E-state index is -0.330. The van der Waals surface area contributed by atoms with E-state index in [0.717, 1.165) is 5.52 Å². The average Bonchev–Trinajstić information content (AvgIpc) is 2.61. The fourth-order valence-electron chi connectivity index (χ4n) is 2.23. The van der Waals surface area contributed by atoms with Crippen LogP contribution in [0.5, 0.6) is 0 Å². The van der Waals surface area contributed by atoms with Crippen molar-refractivity contribution < 1.29 is 5.11 Å². The van der Waals surface area contributed by atoms with E-state index in [0.29, 0.717) is 5.92 Å². The fraction of sp³-hybridized carbons (Fsp3) is 0.462. The highest BCUT2D eigenvalue weighted by atomic mass is 32.1. The van der Waals surface area contributed by atoms with Gasteiger partial charge in [0, 0.05) is 16.2 Å². The molecule has 16 heavy (non-hydrogen) atoms. The number of fused-ring (bicyclic) bond motifs is 1. The molecule has 1 heterocycles. The largest absolute Gasteiger partial charge is 0.393 e. The summed E-state index contributed by atoms with van der Waals surface area (Å²) in [5.74, 6) is 0.598. The number of benzene rings is 1. The Morgan fingerprint density at radius 1 is 1.19 bits per heavy atom. The molecule has 0 bridgehead atoms. The molecule has 2 nitrogen and oxygen atoms in total. The molecule has 0 fully saturated rings. The van der Waals surface area contributed by atoms with Crippen LogP contribution in [0, 0.1) is 5.92 Å². The molecule has 1 N–H and O–H groups in total. The predicted molar refractivity (Wildman–Crippen MR) is 68.9 cm³/mol. The van der Waals surface area contributed by atoms with E-state index in [9.17, 15) is 5.11 Å². The van der Waals surface area contributed by atoms with Gasteiger partial charge < -0.3 is 5.11 Å². The van der Waals surface area contributed by atoms with Crippen LogP contribution in [-0.2, 0) is 0 Å². The third kappa shape index (κ3) is 1.97. The summed E-state index contributed by atoms with van der Waals surface area (Å²) in [6.45, 7) is 6.15. The van der Waals surface area contributed by atoms with Gasteiger partial charge in [0.05, 0.1) is 11.6 Å². The quantitative estimate of drug-likeness (QED) is 0.884. The zero-order valence-corrected chi connectivity index (χ0v) is 10.7. The molecule has 0 radical (unpaired) electrons. The van der Waals surface area contributed by atoms with Crippen LogP contribution < -0.4 is 0 Å². The number of aromatic nitrogens is 1. The highest BCUT2D eigenvalue weighted by Crippen LogP contribution is 2.35. The van der Waals surface area contributed by atoms with Crippen molar-refractivity contribution in [2.24, 2.45) is 5.92 Å². The summed E-state index contributed by atoms with van der Waals surface area (Å²) in [4.78, 5) is 1.21. The lowest BCUT2D eigenvalue weighted by molar-refractivity contribution is 0.142. The third-order valence-corrected chi connectivity index (χ3v) is 3.93. The van der Waals surface area contributed by atoms with Crippen molar-refractivity contribution in [3.63, 3.8) is 0 Å². The second kappa shape index (κ2) is 4.52. The summed E-state index contributed by atoms with van der Waals surface area (Å²) in [5, 5.41) is 11.1. The van der Waals surface area contributed by atoms with Gasteiger partial charge in [-0.3, -0.25) is 0 Å². The third-order valence-electron chi connectivity index (χ3n) is 2.95. The Morgan fingerprint density at radius 3 is 2.50 bits per heavy atom. The number of aliphatic hydroxyl groups excluding tert-OH is 1. The molecule has 0 aliphatic rings. The van der Waals surface area contributed by atoms with Gasteiger partial charge in [-0.25, -0.2) is 0 Å². The standard InChI is InChI=1S/C13H17NOS/c1-8(2)12(9(3)15)13-10-6-4-5-7-11(10)14-16-13/h4-9,12,15H,1-3H3. The van der Waals surface area contributed by atoms with E-state index in [4.69, 9.17) is 0 Å². The number of aliphatic hydroxyl groups is 1. The first-order valence-electron chi connectivity index (χ1n) is 5.63. The molecule has 0 saturated heterocycles. The number of hydrogen-bond donors (Lipinski definition) is 1. The van der Waals surface area contributed by atoms with E-state index in [-0.39, 0.29) is 12.0 Å². The molecule has 0 spiro atoms. The Hall–Kier alpha value is -0.930. The minimum Gasteiger partial charge on any atom is -0.393 e. The summed E-state index contributed by atoms with van der Waals surface area (Å²) in [7, 11) is 0. The summed E-state index contributed by atoms with van der Waals surface area (Å²) in [6.07, 6.45) is -0.330. The maximum atomic E-state index is 9.89. The molecular weight excluding hydrogens is 218 g/mol. The Balaban J connectivity index is 2.53. The molecule has 2 rings (SSSR count). The van der Waals surface area contributed by atoms with Crippen LogP contribution in [0.4, 0.5) is 0 Å². The van der Waals surface area contributed by atoms with Gasteiger partial charge in [-0.1, -0.05) is 32.0 Å². The van der Waals surface area contributed by atoms with E-state index < -0.39 is 0 Å². The van der Waals surface area contributed by atoms with Crippen molar-refractivity contribution in [1.29, 1.82) is 0 Å². The summed E-state index contributed by atoms with van der Waals surface area (Å²) in [6, 6.07) is 8.14. The van der Waals surface area contributed by atoms with E-state index in [1.165, 1.54) is 21.8 Å². The molecule has 0 aliphatic heterocycles. The maximum absolute atomic E-state index is 9.89. The zero-order chi connectivity index (χ0) is 11.7. The lowest BCUT2D eigenvalue weighted by Crippen LogP contribution is -2.19. The van der Waals surface area contributed by atoms with E-state index >= 15 is 0 Å². The van der Waals surface area contributed by atoms with Gasteiger partial charge in [0.1, 0.15) is 0 Å². The normalized spacial score (nSPS) is 15.6. The second-order valence-corrected chi connectivity index (χ2v) is 5.38. The van der Waals surface area contributed by atoms with E-state index in [1.54, 1.807) is 0 Å². The molecule has 1 aromatic carbocycles. The molecule has 0 amide bonds. The van der Waals surface area contributed by atoms with Crippen molar-refractivity contribution >= 4 is 22.4 Å². The predicted octanol–water partition coefficient (Wildman–Crippen LogP) is 3.42. The summed E-state index contributed by atoms with van der Waals surface area (Å²) in [5.41, 5.74) is 1.04. The number of nitrogens with zero attached hydrogens (tertiary/aromatic N) is 1. The first-order valence-corrected chi connectivity index (χ1v) is 6.41. The van der Waals surface area contributed by atoms with Gasteiger partial charge in [0.25, 0.3) is 0 Å². The van der Waals surface area contributed by atoms with Gasteiger partial charge in [-0.05, 0) is 30.4 Å². The van der Waals surface area contributed by atoms with Crippen molar-refractivity contribution in [1.82, 2.24) is 4.37 Å². The summed E-state index contributed by atoms with van der Waals surface area (Å²) >= 11 is 1.52. The van der Waals surface area contributed by atoms with Crippen LogP contribution in [0.1, 0.15) is 31.6 Å². The Bertz CT molecular complexity index is 467. The maximum Gasteiger partial charge on any atom is 0.0843 e. The van der Waals surface area contributed by atoms with Gasteiger partial charge in [0.2, 0.25) is 0 Å². The van der Waals surface area contributed by atoms with Crippen molar-refractivity contribution in [2.45, 2.75) is 32.8 Å². The van der Waals surface area contributed by atoms with Crippen LogP contribution in [0.25, 0.3) is 10.9 Å². The molecule has 2 aromatic rings. The van der Waals surface area contributed by atoms with Crippen molar-refractivity contribution in [2.75, 3.05) is 0 Å². The fourth-order valence-corrected chi connectivity index (χ4v) is 3.45. The van der Waals surface area contributed by atoms with Crippen LogP contribution in [0.2, 0.25) is 0 Å². The first-order chi connectivity index (χ1) is 7.61. The van der Waals surface area contributed by atoms with Crippen molar-refractivity contribution in [3.8, 4) is 0 Å². The van der Waals surface area contributed by atoms with E-state index in [2.05, 4.69) is 24.3 Å². The molecule has 2 unspecified atom stereocenters. The Labute approximate surface area is 100 Å². The minimum absolute atomic E-state index is 0.178. The van der Waals surface area contributed by atoms with Crippen molar-refractivity contribution in [3.05, 3.63) is 29.1 Å². The lowest BCUT2D eigenvalue weighted by Gasteiger charge is -2.22.